The van der Waals surface area contributed by atoms with Crippen molar-refractivity contribution in [1.82, 2.24) is 9.55 Å². The Hall–Kier alpha value is -2.07. The highest BCUT2D eigenvalue weighted by Crippen LogP contribution is 2.28. The van der Waals surface area contributed by atoms with Gasteiger partial charge in [-0.05, 0) is 31.2 Å². The molecule has 2 unspecified atom stereocenters. The number of nitrogens with two attached hydrogens (primary N) is 1. The second-order valence-electron chi connectivity index (χ2n) is 5.06. The Balaban J connectivity index is 2.25. The van der Waals surface area contributed by atoms with E-state index in [1.54, 1.807) is 6.26 Å². The lowest BCUT2D eigenvalue weighted by atomic mass is 10.1. The van der Waals surface area contributed by atoms with Gasteiger partial charge in [-0.3, -0.25) is 0 Å². The van der Waals surface area contributed by atoms with Crippen molar-refractivity contribution in [2.75, 3.05) is 0 Å². The molecule has 0 spiro atoms. The summed E-state index contributed by atoms with van der Waals surface area (Å²) in [4.78, 5) is 4.71. The Morgan fingerprint density at radius 2 is 2.05 bits per heavy atom. The minimum Gasteiger partial charge on any atom is -0.467 e. The smallest absolute Gasteiger partial charge is 0.128 e. The number of rotatable bonds is 4. The maximum atomic E-state index is 6.23. The van der Waals surface area contributed by atoms with E-state index < -0.39 is 0 Å². The number of fused-ring (bicyclic) bond motifs is 1. The van der Waals surface area contributed by atoms with Crippen LogP contribution in [0.4, 0.5) is 0 Å². The molecule has 104 valence electrons. The first kappa shape index (κ1) is 12.9. The molecule has 0 saturated carbocycles. The van der Waals surface area contributed by atoms with Crippen LogP contribution < -0.4 is 5.73 Å². The fourth-order valence-electron chi connectivity index (χ4n) is 2.74. The van der Waals surface area contributed by atoms with E-state index >= 15 is 0 Å². The zero-order valence-corrected chi connectivity index (χ0v) is 11.8. The van der Waals surface area contributed by atoms with Crippen molar-refractivity contribution < 1.29 is 4.42 Å². The Labute approximate surface area is 118 Å². The minimum atomic E-state index is -0.0657. The molecule has 0 amide bonds. The van der Waals surface area contributed by atoms with Gasteiger partial charge in [-0.15, -0.1) is 0 Å². The van der Waals surface area contributed by atoms with E-state index in [0.717, 1.165) is 29.0 Å². The van der Waals surface area contributed by atoms with Gasteiger partial charge in [0.25, 0.3) is 0 Å². The summed E-state index contributed by atoms with van der Waals surface area (Å²) in [6, 6.07) is 11.9. The second kappa shape index (κ2) is 5.13. The summed E-state index contributed by atoms with van der Waals surface area (Å²) in [5, 5.41) is 0. The van der Waals surface area contributed by atoms with Crippen LogP contribution in [0.3, 0.4) is 0 Å². The maximum Gasteiger partial charge on any atom is 0.128 e. The maximum absolute atomic E-state index is 6.23. The van der Waals surface area contributed by atoms with Gasteiger partial charge in [0, 0.05) is 12.5 Å². The van der Waals surface area contributed by atoms with E-state index in [1.165, 1.54) is 0 Å². The van der Waals surface area contributed by atoms with E-state index in [-0.39, 0.29) is 12.1 Å². The van der Waals surface area contributed by atoms with Crippen LogP contribution in [-0.2, 0) is 6.42 Å². The van der Waals surface area contributed by atoms with Crippen molar-refractivity contribution in [3.05, 3.63) is 54.2 Å². The molecule has 0 saturated heterocycles. The lowest BCUT2D eigenvalue weighted by Gasteiger charge is -2.23. The zero-order valence-electron chi connectivity index (χ0n) is 11.8. The Bertz CT molecular complexity index is 698. The third-order valence-corrected chi connectivity index (χ3v) is 3.60. The molecule has 3 aromatic rings. The first-order valence-electron chi connectivity index (χ1n) is 6.97. The molecule has 0 radical (unpaired) electrons. The van der Waals surface area contributed by atoms with Crippen molar-refractivity contribution in [2.45, 2.75) is 32.4 Å². The number of imidazole rings is 1. The van der Waals surface area contributed by atoms with Crippen LogP contribution in [-0.4, -0.2) is 15.6 Å². The Kier molecular flexibility index (Phi) is 3.32. The third-order valence-electron chi connectivity index (χ3n) is 3.60. The van der Waals surface area contributed by atoms with Gasteiger partial charge < -0.3 is 14.7 Å². The fraction of sp³-hybridized carbons (Fsp3) is 0.312. The third kappa shape index (κ3) is 2.02. The molecule has 2 aromatic heterocycles. The van der Waals surface area contributed by atoms with E-state index in [1.807, 2.05) is 37.3 Å². The molecule has 4 nitrogen and oxygen atoms in total. The van der Waals surface area contributed by atoms with Crippen LogP contribution in [0.25, 0.3) is 11.0 Å². The van der Waals surface area contributed by atoms with Gasteiger partial charge in [-0.2, -0.15) is 0 Å². The largest absolute Gasteiger partial charge is 0.467 e. The lowest BCUT2D eigenvalue weighted by molar-refractivity contribution is 0.390. The zero-order chi connectivity index (χ0) is 14.1. The standard InChI is InChI=1S/C16H19N3O/c1-3-15-18-12-7-4-5-8-13(12)19(15)16(11(2)17)14-9-6-10-20-14/h4-11,16H,3,17H2,1-2H3. The van der Waals surface area contributed by atoms with Crippen molar-refractivity contribution >= 4 is 11.0 Å². The molecular weight excluding hydrogens is 250 g/mol. The van der Waals surface area contributed by atoms with Crippen molar-refractivity contribution in [3.8, 4) is 0 Å². The van der Waals surface area contributed by atoms with Crippen LogP contribution in [0, 0.1) is 0 Å². The molecule has 0 aliphatic carbocycles. The lowest BCUT2D eigenvalue weighted by Crippen LogP contribution is -2.31. The van der Waals surface area contributed by atoms with E-state index in [4.69, 9.17) is 15.1 Å². The predicted octanol–water partition coefficient (Wildman–Crippen LogP) is 3.13. The molecule has 2 atom stereocenters. The predicted molar refractivity (Wildman–Crippen MR) is 79.6 cm³/mol. The van der Waals surface area contributed by atoms with E-state index in [9.17, 15) is 0 Å². The number of para-hydroxylation sites is 2. The highest BCUT2D eigenvalue weighted by Gasteiger charge is 2.25. The number of hydrogen-bond acceptors (Lipinski definition) is 3. The van der Waals surface area contributed by atoms with Crippen molar-refractivity contribution in [3.63, 3.8) is 0 Å². The SMILES string of the molecule is CCc1nc2ccccc2n1C(c1ccco1)C(C)N. The summed E-state index contributed by atoms with van der Waals surface area (Å²) >= 11 is 0. The number of benzene rings is 1. The molecule has 2 heterocycles. The van der Waals surface area contributed by atoms with Crippen molar-refractivity contribution in [2.24, 2.45) is 5.73 Å². The molecule has 0 bridgehead atoms. The molecule has 20 heavy (non-hydrogen) atoms. The molecule has 3 rings (SSSR count). The quantitative estimate of drug-likeness (QED) is 0.791. The summed E-state index contributed by atoms with van der Waals surface area (Å²) in [5.74, 6) is 1.91. The molecule has 0 fully saturated rings. The monoisotopic (exact) mass is 269 g/mol. The summed E-state index contributed by atoms with van der Waals surface area (Å²) in [5.41, 5.74) is 8.33. The van der Waals surface area contributed by atoms with Gasteiger partial charge in [0.15, 0.2) is 0 Å². The molecule has 1 aromatic carbocycles. The average Bonchev–Trinajstić information content (AvgIpc) is 3.07. The summed E-state index contributed by atoms with van der Waals surface area (Å²) in [6.45, 7) is 4.11. The first-order chi connectivity index (χ1) is 9.72. The average molecular weight is 269 g/mol. The van der Waals surface area contributed by atoms with Gasteiger partial charge in [-0.25, -0.2) is 4.98 Å². The van der Waals surface area contributed by atoms with Crippen LogP contribution in [0.2, 0.25) is 0 Å². The van der Waals surface area contributed by atoms with Gasteiger partial charge in [0.2, 0.25) is 0 Å². The highest BCUT2D eigenvalue weighted by atomic mass is 16.3. The number of hydrogen-bond donors (Lipinski definition) is 1. The van der Waals surface area contributed by atoms with Crippen LogP contribution >= 0.6 is 0 Å². The van der Waals surface area contributed by atoms with Gasteiger partial charge in [-0.1, -0.05) is 19.1 Å². The van der Waals surface area contributed by atoms with Gasteiger partial charge in [0.05, 0.1) is 17.3 Å². The van der Waals surface area contributed by atoms with Crippen LogP contribution in [0.15, 0.2) is 47.1 Å². The normalized spacial score (nSPS) is 14.6. The van der Waals surface area contributed by atoms with Gasteiger partial charge in [0.1, 0.15) is 17.6 Å². The topological polar surface area (TPSA) is 57.0 Å². The number of furan rings is 1. The fourth-order valence-corrected chi connectivity index (χ4v) is 2.74. The number of aromatic nitrogens is 2. The van der Waals surface area contributed by atoms with E-state index in [0.29, 0.717) is 0 Å². The summed E-state index contributed by atoms with van der Waals surface area (Å²) in [7, 11) is 0. The Morgan fingerprint density at radius 1 is 1.25 bits per heavy atom. The highest BCUT2D eigenvalue weighted by molar-refractivity contribution is 5.76. The Morgan fingerprint density at radius 3 is 2.70 bits per heavy atom. The molecule has 0 aliphatic heterocycles. The van der Waals surface area contributed by atoms with Gasteiger partial charge >= 0.3 is 0 Å². The number of nitrogens with zero attached hydrogens (tertiary/aromatic N) is 2. The van der Waals surface area contributed by atoms with E-state index in [2.05, 4.69) is 17.6 Å². The molecule has 0 aliphatic rings. The molecular formula is C16H19N3O. The summed E-state index contributed by atoms with van der Waals surface area (Å²) in [6.07, 6.45) is 2.55. The van der Waals surface area contributed by atoms with Crippen LogP contribution in [0.5, 0.6) is 0 Å². The van der Waals surface area contributed by atoms with Crippen molar-refractivity contribution in [1.29, 1.82) is 0 Å². The minimum absolute atomic E-state index is 0.0349. The molecule has 4 heteroatoms. The summed E-state index contributed by atoms with van der Waals surface area (Å²) < 4.78 is 7.81. The van der Waals surface area contributed by atoms with Crippen LogP contribution in [0.1, 0.15) is 31.5 Å². The second-order valence-corrected chi connectivity index (χ2v) is 5.06. The molecule has 2 N–H and O–H groups in total. The number of aryl methyl sites for hydroxylation is 1. The first-order valence-corrected chi connectivity index (χ1v) is 6.97.